The normalized spacial score (nSPS) is 40.9. The minimum atomic E-state index is 0.501. The highest BCUT2D eigenvalue weighted by atomic mass is 16.5. The van der Waals surface area contributed by atoms with Crippen molar-refractivity contribution in [2.24, 2.45) is 47.3 Å². The molecule has 8 heteroatoms. The Labute approximate surface area is 327 Å². The molecule has 0 radical (unpaired) electrons. The molecule has 0 aromatic heterocycles. The van der Waals surface area contributed by atoms with Gasteiger partial charge in [0.2, 0.25) is 0 Å². The molecule has 0 amide bonds. The van der Waals surface area contributed by atoms with E-state index in [1.807, 2.05) is 14.2 Å². The first-order chi connectivity index (χ1) is 26.6. The van der Waals surface area contributed by atoms with Gasteiger partial charge in [0, 0.05) is 76.1 Å². The molecule has 5 saturated heterocycles. The van der Waals surface area contributed by atoms with Crippen LogP contribution in [-0.4, -0.2) is 137 Å². The fraction of sp³-hybridized carbons (Fsp3) is 0.870. The predicted octanol–water partition coefficient (Wildman–Crippen LogP) is 6.23. The maximum Gasteiger partial charge on any atom is 0.119 e. The highest BCUT2D eigenvalue weighted by Gasteiger charge is 2.53. The highest BCUT2D eigenvalue weighted by molar-refractivity contribution is 5.62. The van der Waals surface area contributed by atoms with Crippen LogP contribution in [0.2, 0.25) is 0 Å². The summed E-state index contributed by atoms with van der Waals surface area (Å²) < 4.78 is 11.6. The van der Waals surface area contributed by atoms with Gasteiger partial charge in [-0.25, -0.2) is 0 Å². The number of ether oxygens (including phenoxy) is 2. The third kappa shape index (κ3) is 7.29. The Morgan fingerprint density at radius 1 is 0.574 bits per heavy atom. The van der Waals surface area contributed by atoms with Gasteiger partial charge in [-0.1, -0.05) is 0 Å². The lowest BCUT2D eigenvalue weighted by molar-refractivity contribution is -0.00848. The fourth-order valence-electron chi connectivity index (χ4n) is 14.8. The summed E-state index contributed by atoms with van der Waals surface area (Å²) >= 11 is 0. The Balaban J connectivity index is 0.645. The number of hydrogen-bond donors (Lipinski definition) is 2. The van der Waals surface area contributed by atoms with Gasteiger partial charge in [-0.15, -0.1) is 0 Å². The van der Waals surface area contributed by atoms with Crippen LogP contribution in [0.4, 0.5) is 5.69 Å². The lowest BCUT2D eigenvalue weighted by Gasteiger charge is -2.49. The standard InChI is InChI=1S/C46H74N6O2/c1-53-35-5-9-41-37(27-35)45-39-29-51(21-15-33(39)3-7-43(45)47-41)25-23-49-17-11-31(12-18-49)32-13-19-50(20-14-32)24-26-52-22-16-34-4-8-44-46(40(34)30-52)38-28-36(54-2)6-10-42(38)48-44/h5,9,27,31-34,36,38-40,42-48H,3-4,6-8,10-26,28-30H2,1-2H3. The molecule has 9 aliphatic rings. The molecule has 2 N–H and O–H groups in total. The summed E-state index contributed by atoms with van der Waals surface area (Å²) in [6.45, 7) is 15.8. The van der Waals surface area contributed by atoms with Crippen molar-refractivity contribution in [3.05, 3.63) is 23.8 Å². The van der Waals surface area contributed by atoms with Crippen LogP contribution >= 0.6 is 0 Å². The number of likely N-dealkylation sites (tertiary alicyclic amines) is 4. The number of piperidine rings is 4. The molecule has 1 aromatic rings. The van der Waals surface area contributed by atoms with Crippen molar-refractivity contribution < 1.29 is 9.47 Å². The second-order valence-electron chi connectivity index (χ2n) is 20.1. The predicted molar refractivity (Wildman–Crippen MR) is 218 cm³/mol. The van der Waals surface area contributed by atoms with E-state index in [1.165, 1.54) is 173 Å². The number of fused-ring (bicyclic) bond motifs is 10. The molecular formula is C46H74N6O2. The van der Waals surface area contributed by atoms with Crippen molar-refractivity contribution in [3.8, 4) is 5.75 Å². The first kappa shape index (κ1) is 36.9. The van der Waals surface area contributed by atoms with Gasteiger partial charge >= 0.3 is 0 Å². The highest BCUT2D eigenvalue weighted by Crippen LogP contribution is 2.53. The lowest BCUT2D eigenvalue weighted by Crippen LogP contribution is -2.52. The van der Waals surface area contributed by atoms with Crippen LogP contribution < -0.4 is 15.4 Å². The van der Waals surface area contributed by atoms with Crippen molar-refractivity contribution in [1.82, 2.24) is 24.9 Å². The number of anilines is 1. The molecule has 3 aliphatic carbocycles. The molecule has 11 unspecified atom stereocenters. The first-order valence-corrected chi connectivity index (χ1v) is 23.2. The third-order valence-corrected chi connectivity index (χ3v) is 17.8. The Hall–Kier alpha value is -1.42. The molecule has 54 heavy (non-hydrogen) atoms. The zero-order valence-corrected chi connectivity index (χ0v) is 34.0. The molecular weight excluding hydrogens is 669 g/mol. The Kier molecular flexibility index (Phi) is 11.0. The monoisotopic (exact) mass is 743 g/mol. The summed E-state index contributed by atoms with van der Waals surface area (Å²) in [5.41, 5.74) is 2.90. The van der Waals surface area contributed by atoms with Gasteiger partial charge in [0.15, 0.2) is 0 Å². The van der Waals surface area contributed by atoms with Crippen LogP contribution in [0.25, 0.3) is 0 Å². The molecule has 0 spiro atoms. The summed E-state index contributed by atoms with van der Waals surface area (Å²) in [5, 5.41) is 8.06. The van der Waals surface area contributed by atoms with Gasteiger partial charge in [0.25, 0.3) is 0 Å². The van der Waals surface area contributed by atoms with Gasteiger partial charge in [-0.2, -0.15) is 0 Å². The average molecular weight is 743 g/mol. The van der Waals surface area contributed by atoms with Crippen LogP contribution in [0.15, 0.2) is 18.2 Å². The summed E-state index contributed by atoms with van der Waals surface area (Å²) in [6.07, 6.45) is 18.6. The number of nitrogens with zero attached hydrogens (tertiary/aromatic N) is 4. The van der Waals surface area contributed by atoms with Crippen molar-refractivity contribution in [2.75, 3.05) is 98.1 Å². The summed E-state index contributed by atoms with van der Waals surface area (Å²) in [5.74, 6) is 8.91. The number of methoxy groups -OCH3 is 2. The Bertz CT molecular complexity index is 1410. The molecule has 6 aliphatic heterocycles. The molecule has 300 valence electrons. The maximum atomic E-state index is 5.91. The van der Waals surface area contributed by atoms with E-state index in [0.29, 0.717) is 18.1 Å². The average Bonchev–Trinajstić information content (AvgIpc) is 3.80. The lowest BCUT2D eigenvalue weighted by atomic mass is 9.62. The SMILES string of the molecule is COc1ccc2c(c1)C1C(CCC3CCN(CCN4CCC(C5CCN(CCN6CCC7CCC8NC9CCC(OC)CC9C8C7C6)CC5)CC4)CC31)N2. The van der Waals surface area contributed by atoms with E-state index in [1.54, 1.807) is 0 Å². The smallest absolute Gasteiger partial charge is 0.119 e. The number of nitrogens with one attached hydrogen (secondary N) is 2. The molecule has 6 heterocycles. The van der Waals surface area contributed by atoms with Gasteiger partial charge in [-0.05, 0) is 194 Å². The molecule has 3 saturated carbocycles. The second-order valence-corrected chi connectivity index (χ2v) is 20.1. The fourth-order valence-corrected chi connectivity index (χ4v) is 14.8. The van der Waals surface area contributed by atoms with E-state index < -0.39 is 0 Å². The zero-order valence-electron chi connectivity index (χ0n) is 34.0. The van der Waals surface area contributed by atoms with Crippen LogP contribution in [-0.2, 0) is 4.74 Å². The molecule has 10 rings (SSSR count). The van der Waals surface area contributed by atoms with Crippen molar-refractivity contribution in [1.29, 1.82) is 0 Å². The van der Waals surface area contributed by atoms with E-state index in [2.05, 4.69) is 48.4 Å². The zero-order chi connectivity index (χ0) is 36.2. The second kappa shape index (κ2) is 16.1. The Morgan fingerprint density at radius 3 is 1.81 bits per heavy atom. The van der Waals surface area contributed by atoms with Crippen molar-refractivity contribution >= 4 is 5.69 Å². The van der Waals surface area contributed by atoms with E-state index in [4.69, 9.17) is 9.47 Å². The van der Waals surface area contributed by atoms with E-state index in [0.717, 1.165) is 65.2 Å². The summed E-state index contributed by atoms with van der Waals surface area (Å²) in [7, 11) is 3.76. The van der Waals surface area contributed by atoms with E-state index in [9.17, 15) is 0 Å². The Morgan fingerprint density at radius 2 is 1.15 bits per heavy atom. The molecule has 8 nitrogen and oxygen atoms in total. The van der Waals surface area contributed by atoms with Crippen LogP contribution in [0.5, 0.6) is 5.75 Å². The molecule has 8 fully saturated rings. The van der Waals surface area contributed by atoms with Crippen LogP contribution in [0.1, 0.15) is 95.0 Å². The van der Waals surface area contributed by atoms with Gasteiger partial charge in [0.05, 0.1) is 13.2 Å². The minimum absolute atomic E-state index is 0.501. The summed E-state index contributed by atoms with van der Waals surface area (Å²) in [4.78, 5) is 11.4. The van der Waals surface area contributed by atoms with E-state index in [-0.39, 0.29) is 0 Å². The van der Waals surface area contributed by atoms with E-state index >= 15 is 0 Å². The first-order valence-electron chi connectivity index (χ1n) is 23.2. The van der Waals surface area contributed by atoms with Gasteiger partial charge in [0.1, 0.15) is 5.75 Å². The van der Waals surface area contributed by atoms with Crippen molar-refractivity contribution in [2.45, 2.75) is 114 Å². The number of benzene rings is 1. The molecule has 0 bridgehead atoms. The van der Waals surface area contributed by atoms with Crippen LogP contribution in [0.3, 0.4) is 0 Å². The number of hydrogen-bond acceptors (Lipinski definition) is 8. The maximum absolute atomic E-state index is 5.91. The topological polar surface area (TPSA) is 55.5 Å². The number of rotatable bonds is 9. The molecule has 1 aromatic carbocycles. The molecule has 11 atom stereocenters. The van der Waals surface area contributed by atoms with Crippen molar-refractivity contribution in [3.63, 3.8) is 0 Å². The largest absolute Gasteiger partial charge is 0.497 e. The third-order valence-electron chi connectivity index (χ3n) is 17.8. The van der Waals surface area contributed by atoms with Gasteiger partial charge in [-0.3, -0.25) is 0 Å². The van der Waals surface area contributed by atoms with Gasteiger partial charge < -0.3 is 39.7 Å². The quantitative estimate of drug-likeness (QED) is 0.309. The minimum Gasteiger partial charge on any atom is -0.497 e. The van der Waals surface area contributed by atoms with Crippen LogP contribution in [0, 0.1) is 47.3 Å². The summed E-state index contributed by atoms with van der Waals surface area (Å²) in [6, 6.07) is 8.90.